The molecule has 1 heterocycles. The van der Waals surface area contributed by atoms with Gasteiger partial charge in [-0.25, -0.2) is 0 Å². The van der Waals surface area contributed by atoms with Crippen molar-refractivity contribution in [2.45, 2.75) is 32.9 Å². The van der Waals surface area contributed by atoms with Crippen LogP contribution in [0.15, 0.2) is 24.3 Å². The largest absolute Gasteiger partial charge is 0.465 e. The maximum Gasteiger partial charge on any atom is 0.336 e. The number of carbonyl (C=O) groups excluding carboxylic acids is 3. The highest BCUT2D eigenvalue weighted by Crippen LogP contribution is 2.51. The highest BCUT2D eigenvalue weighted by Gasteiger charge is 2.39. The van der Waals surface area contributed by atoms with Gasteiger partial charge in [-0.2, -0.15) is 0 Å². The first kappa shape index (κ1) is 25.5. The first-order chi connectivity index (χ1) is 15.2. The maximum atomic E-state index is 13.0. The minimum absolute atomic E-state index is 0.00911. The molecule has 1 amide bonds. The number of pyridine rings is 1. The molecule has 2 rings (SSSR count). The number of anilines is 1. The SMILES string of the molecule is CCOC(=O)C(C(=O)OCC)c1c(CP(=O)(OC)OC)nc2ccccc2c1NC(C)=O. The van der Waals surface area contributed by atoms with E-state index >= 15 is 0 Å². The van der Waals surface area contributed by atoms with Gasteiger partial charge in [-0.05, 0) is 19.9 Å². The van der Waals surface area contributed by atoms with Crippen LogP contribution in [0.1, 0.15) is 37.9 Å². The fraction of sp³-hybridized carbons (Fsp3) is 0.429. The smallest absolute Gasteiger partial charge is 0.336 e. The predicted octanol–water partition coefficient (Wildman–Crippen LogP) is 3.39. The van der Waals surface area contributed by atoms with Crippen molar-refractivity contribution in [1.82, 2.24) is 4.98 Å². The van der Waals surface area contributed by atoms with Crippen molar-refractivity contribution in [3.8, 4) is 0 Å². The Morgan fingerprint density at radius 3 is 2.09 bits per heavy atom. The van der Waals surface area contributed by atoms with Crippen LogP contribution >= 0.6 is 7.60 Å². The molecule has 10 nitrogen and oxygen atoms in total. The number of nitrogens with one attached hydrogen (secondary N) is 1. The Kier molecular flexibility index (Phi) is 8.89. The molecule has 11 heteroatoms. The molecule has 0 saturated heterocycles. The van der Waals surface area contributed by atoms with Gasteiger partial charge >= 0.3 is 19.5 Å². The molecule has 1 aromatic carbocycles. The van der Waals surface area contributed by atoms with Crippen LogP contribution in [0.5, 0.6) is 0 Å². The lowest BCUT2D eigenvalue weighted by Crippen LogP contribution is -2.29. The second kappa shape index (κ2) is 11.2. The van der Waals surface area contributed by atoms with Crippen molar-refractivity contribution in [3.05, 3.63) is 35.5 Å². The average Bonchev–Trinajstić information content (AvgIpc) is 2.75. The van der Waals surface area contributed by atoms with Gasteiger partial charge < -0.3 is 23.8 Å². The molecule has 0 aliphatic heterocycles. The summed E-state index contributed by atoms with van der Waals surface area (Å²) in [6.45, 7) is 4.50. The minimum atomic E-state index is -3.67. The van der Waals surface area contributed by atoms with E-state index in [1.807, 2.05) is 0 Å². The lowest BCUT2D eigenvalue weighted by molar-refractivity contribution is -0.157. The number of para-hydroxylation sites is 1. The molecule has 32 heavy (non-hydrogen) atoms. The van der Waals surface area contributed by atoms with Crippen molar-refractivity contribution in [2.24, 2.45) is 0 Å². The van der Waals surface area contributed by atoms with Crippen LogP contribution < -0.4 is 5.32 Å². The van der Waals surface area contributed by atoms with E-state index < -0.39 is 31.4 Å². The molecule has 0 radical (unpaired) electrons. The minimum Gasteiger partial charge on any atom is -0.465 e. The second-order valence-electron chi connectivity index (χ2n) is 6.62. The number of benzene rings is 1. The number of amides is 1. The van der Waals surface area contributed by atoms with Gasteiger partial charge in [0.2, 0.25) is 5.91 Å². The third-order valence-corrected chi connectivity index (χ3v) is 6.34. The van der Waals surface area contributed by atoms with Crippen molar-refractivity contribution in [3.63, 3.8) is 0 Å². The van der Waals surface area contributed by atoms with Gasteiger partial charge in [0.25, 0.3) is 0 Å². The van der Waals surface area contributed by atoms with E-state index in [0.29, 0.717) is 10.9 Å². The summed E-state index contributed by atoms with van der Waals surface area (Å²) in [5, 5.41) is 3.16. The number of hydrogen-bond donors (Lipinski definition) is 1. The van der Waals surface area contributed by atoms with Crippen LogP contribution in [0, 0.1) is 0 Å². The van der Waals surface area contributed by atoms with E-state index in [0.717, 1.165) is 0 Å². The van der Waals surface area contributed by atoms with Gasteiger partial charge in [0.05, 0.1) is 36.3 Å². The Morgan fingerprint density at radius 2 is 1.59 bits per heavy atom. The van der Waals surface area contributed by atoms with Crippen LogP contribution in [0.2, 0.25) is 0 Å². The first-order valence-electron chi connectivity index (χ1n) is 9.94. The molecule has 0 spiro atoms. The van der Waals surface area contributed by atoms with Gasteiger partial charge in [0.1, 0.15) is 0 Å². The molecule has 0 aliphatic rings. The lowest BCUT2D eigenvalue weighted by atomic mass is 9.93. The van der Waals surface area contributed by atoms with E-state index in [-0.39, 0.29) is 36.3 Å². The first-order valence-corrected chi connectivity index (χ1v) is 11.7. The van der Waals surface area contributed by atoms with E-state index in [9.17, 15) is 18.9 Å². The lowest BCUT2D eigenvalue weighted by Gasteiger charge is -2.23. The summed E-state index contributed by atoms with van der Waals surface area (Å²) in [6, 6.07) is 6.82. The number of carbonyl (C=O) groups is 3. The van der Waals surface area contributed by atoms with Crippen molar-refractivity contribution >= 4 is 42.0 Å². The number of hydrogen-bond acceptors (Lipinski definition) is 9. The summed E-state index contributed by atoms with van der Waals surface area (Å²) in [7, 11) is -1.24. The molecule has 174 valence electrons. The molecular weight excluding hydrogens is 439 g/mol. The van der Waals surface area contributed by atoms with E-state index in [4.69, 9.17) is 18.5 Å². The zero-order valence-corrected chi connectivity index (χ0v) is 19.6. The molecule has 0 unspecified atom stereocenters. The van der Waals surface area contributed by atoms with Gasteiger partial charge in [-0.1, -0.05) is 18.2 Å². The molecule has 0 atom stereocenters. The summed E-state index contributed by atoms with van der Waals surface area (Å²) in [5.74, 6) is -3.80. The van der Waals surface area contributed by atoms with Crippen LogP contribution in [0.25, 0.3) is 10.9 Å². The van der Waals surface area contributed by atoms with Crippen LogP contribution in [-0.2, 0) is 43.6 Å². The van der Waals surface area contributed by atoms with Gasteiger partial charge in [0.15, 0.2) is 5.92 Å². The third-order valence-electron chi connectivity index (χ3n) is 4.54. The Bertz CT molecular complexity index is 1030. The van der Waals surface area contributed by atoms with Gasteiger partial charge in [-0.3, -0.25) is 23.9 Å². The van der Waals surface area contributed by atoms with Crippen molar-refractivity contribution in [1.29, 1.82) is 0 Å². The summed E-state index contributed by atoms with van der Waals surface area (Å²) in [4.78, 5) is 42.4. The number of ether oxygens (including phenoxy) is 2. The zero-order chi connectivity index (χ0) is 23.9. The molecule has 0 bridgehead atoms. The van der Waals surface area contributed by atoms with E-state index in [2.05, 4.69) is 10.3 Å². The number of aromatic nitrogens is 1. The van der Waals surface area contributed by atoms with Gasteiger partial charge in [-0.15, -0.1) is 0 Å². The zero-order valence-electron chi connectivity index (χ0n) is 18.7. The number of nitrogens with zero attached hydrogens (tertiary/aromatic N) is 1. The van der Waals surface area contributed by atoms with Crippen LogP contribution in [0.4, 0.5) is 5.69 Å². The van der Waals surface area contributed by atoms with Crippen molar-refractivity contribution < 1.29 is 37.5 Å². The predicted molar refractivity (Wildman–Crippen MR) is 117 cm³/mol. The number of rotatable bonds is 10. The Balaban J connectivity index is 2.94. The van der Waals surface area contributed by atoms with Gasteiger partial charge in [0, 0.05) is 32.1 Å². The molecule has 1 N–H and O–H groups in total. The standard InChI is InChI=1S/C21H27N2O8P/c1-6-30-20(25)18(21(26)31-7-2)17-16(12-32(27,28-4)29-5)23-15-11-9-8-10-14(15)19(17)22-13(3)24/h8-11,18H,6-7,12H2,1-5H3,(H,22,23,24). The van der Waals surface area contributed by atoms with Crippen LogP contribution in [0.3, 0.4) is 0 Å². The number of fused-ring (bicyclic) bond motifs is 1. The van der Waals surface area contributed by atoms with E-state index in [1.54, 1.807) is 38.1 Å². The molecular formula is C21H27N2O8P. The Hall–Kier alpha value is -2.81. The summed E-state index contributed by atoms with van der Waals surface area (Å²) >= 11 is 0. The molecule has 2 aromatic rings. The molecule has 1 aromatic heterocycles. The Morgan fingerprint density at radius 1 is 1.03 bits per heavy atom. The average molecular weight is 466 g/mol. The normalized spacial score (nSPS) is 11.4. The van der Waals surface area contributed by atoms with Crippen LogP contribution in [-0.4, -0.2) is 50.3 Å². The maximum absolute atomic E-state index is 13.0. The quantitative estimate of drug-likeness (QED) is 0.318. The molecule has 0 fully saturated rings. The topological polar surface area (TPSA) is 130 Å². The summed E-state index contributed by atoms with van der Waals surface area (Å²) in [6.07, 6.45) is -0.359. The fourth-order valence-electron chi connectivity index (χ4n) is 3.19. The summed E-state index contributed by atoms with van der Waals surface area (Å²) in [5.41, 5.74) is 0.707. The number of esters is 2. The third kappa shape index (κ3) is 5.70. The molecule has 0 saturated carbocycles. The van der Waals surface area contributed by atoms with Crippen molar-refractivity contribution in [2.75, 3.05) is 32.8 Å². The second-order valence-corrected chi connectivity index (χ2v) is 8.89. The monoisotopic (exact) mass is 466 g/mol. The summed E-state index contributed by atoms with van der Waals surface area (Å²) < 4.78 is 33.3. The Labute approximate surface area is 186 Å². The van der Waals surface area contributed by atoms with E-state index in [1.165, 1.54) is 21.1 Å². The fourth-order valence-corrected chi connectivity index (χ4v) is 4.21. The highest BCUT2D eigenvalue weighted by atomic mass is 31.2. The highest BCUT2D eigenvalue weighted by molar-refractivity contribution is 7.52. The molecule has 0 aliphatic carbocycles.